The average Bonchev–Trinajstić information content (AvgIpc) is 2.53. The summed E-state index contributed by atoms with van der Waals surface area (Å²) in [6.45, 7) is -0.615. The van der Waals surface area contributed by atoms with Crippen LogP contribution in [-0.2, 0) is 9.53 Å². The van der Waals surface area contributed by atoms with Crippen molar-refractivity contribution in [1.29, 1.82) is 0 Å². The predicted molar refractivity (Wildman–Crippen MR) is 81.3 cm³/mol. The van der Waals surface area contributed by atoms with E-state index >= 15 is 0 Å². The SMILES string of the molecule is O=C(COC(=O)c1cccnc1Cl)Nc1ccccc1[N+](=O)[O-]. The number of carbonyl (C=O) groups excluding carboxylic acids is 2. The van der Waals surface area contributed by atoms with Crippen molar-refractivity contribution in [2.75, 3.05) is 11.9 Å². The first-order chi connectivity index (χ1) is 11.0. The van der Waals surface area contributed by atoms with Gasteiger partial charge in [-0.1, -0.05) is 23.7 Å². The van der Waals surface area contributed by atoms with Crippen molar-refractivity contribution >= 4 is 34.9 Å². The molecule has 23 heavy (non-hydrogen) atoms. The topological polar surface area (TPSA) is 111 Å². The number of pyridine rings is 1. The van der Waals surface area contributed by atoms with Crippen molar-refractivity contribution in [3.8, 4) is 0 Å². The van der Waals surface area contributed by atoms with Crippen molar-refractivity contribution < 1.29 is 19.2 Å². The van der Waals surface area contributed by atoms with E-state index in [1.807, 2.05) is 0 Å². The number of halogens is 1. The fourth-order valence-corrected chi connectivity index (χ4v) is 1.87. The van der Waals surface area contributed by atoms with Crippen LogP contribution in [0, 0.1) is 10.1 Å². The van der Waals surface area contributed by atoms with Gasteiger partial charge in [-0.25, -0.2) is 9.78 Å². The summed E-state index contributed by atoms with van der Waals surface area (Å²) in [5.41, 5.74) is -0.229. The van der Waals surface area contributed by atoms with Crippen molar-refractivity contribution in [2.24, 2.45) is 0 Å². The quantitative estimate of drug-likeness (QED) is 0.389. The van der Waals surface area contributed by atoms with E-state index in [2.05, 4.69) is 10.3 Å². The van der Waals surface area contributed by atoms with Crippen LogP contribution < -0.4 is 5.32 Å². The van der Waals surface area contributed by atoms with E-state index in [1.54, 1.807) is 0 Å². The summed E-state index contributed by atoms with van der Waals surface area (Å²) >= 11 is 5.73. The molecule has 0 aliphatic carbocycles. The molecule has 0 unspecified atom stereocenters. The number of ether oxygens (including phenoxy) is 1. The van der Waals surface area contributed by atoms with Gasteiger partial charge in [0.05, 0.1) is 10.5 Å². The third-order valence-electron chi connectivity index (χ3n) is 2.69. The molecule has 8 nitrogen and oxygen atoms in total. The van der Waals surface area contributed by atoms with Gasteiger partial charge in [0.1, 0.15) is 10.8 Å². The van der Waals surface area contributed by atoms with Crippen LogP contribution in [0.25, 0.3) is 0 Å². The number of anilines is 1. The molecule has 1 heterocycles. The molecule has 1 aromatic heterocycles. The fourth-order valence-electron chi connectivity index (χ4n) is 1.67. The lowest BCUT2D eigenvalue weighted by Gasteiger charge is -2.07. The Hall–Kier alpha value is -3.00. The molecule has 0 fully saturated rings. The van der Waals surface area contributed by atoms with Crippen LogP contribution in [0.5, 0.6) is 0 Å². The molecule has 118 valence electrons. The van der Waals surface area contributed by atoms with Gasteiger partial charge in [0.15, 0.2) is 6.61 Å². The van der Waals surface area contributed by atoms with Crippen LogP contribution in [0.15, 0.2) is 42.6 Å². The third-order valence-corrected chi connectivity index (χ3v) is 2.99. The van der Waals surface area contributed by atoms with Gasteiger partial charge in [-0.2, -0.15) is 0 Å². The minimum Gasteiger partial charge on any atom is -0.452 e. The van der Waals surface area contributed by atoms with Gasteiger partial charge < -0.3 is 10.1 Å². The van der Waals surface area contributed by atoms with Crippen molar-refractivity contribution in [2.45, 2.75) is 0 Å². The van der Waals surface area contributed by atoms with Crippen LogP contribution in [0.1, 0.15) is 10.4 Å². The number of rotatable bonds is 5. The molecule has 2 rings (SSSR count). The second-order valence-corrected chi connectivity index (χ2v) is 4.60. The van der Waals surface area contributed by atoms with E-state index in [-0.39, 0.29) is 22.1 Å². The monoisotopic (exact) mass is 335 g/mol. The van der Waals surface area contributed by atoms with E-state index in [9.17, 15) is 19.7 Å². The number of nitrogens with zero attached hydrogens (tertiary/aromatic N) is 2. The summed E-state index contributed by atoms with van der Waals surface area (Å²) in [5.74, 6) is -1.53. The normalized spacial score (nSPS) is 9.96. The molecule has 0 aliphatic heterocycles. The smallest absolute Gasteiger partial charge is 0.341 e. The molecule has 0 bridgehead atoms. The molecule has 1 aromatic carbocycles. The lowest BCUT2D eigenvalue weighted by molar-refractivity contribution is -0.383. The molecule has 0 saturated heterocycles. The number of esters is 1. The molecular formula is C14H10ClN3O5. The molecule has 0 spiro atoms. The zero-order valence-corrected chi connectivity index (χ0v) is 12.3. The molecule has 1 N–H and O–H groups in total. The maximum Gasteiger partial charge on any atom is 0.341 e. The first-order valence-corrected chi connectivity index (χ1v) is 6.67. The second-order valence-electron chi connectivity index (χ2n) is 4.24. The number of para-hydroxylation sites is 2. The summed E-state index contributed by atoms with van der Waals surface area (Å²) in [6.07, 6.45) is 1.40. The number of nitro groups is 1. The van der Waals surface area contributed by atoms with E-state index in [1.165, 1.54) is 42.6 Å². The Morgan fingerprint density at radius 1 is 1.26 bits per heavy atom. The van der Waals surface area contributed by atoms with Crippen molar-refractivity contribution in [1.82, 2.24) is 4.98 Å². The Kier molecular flexibility index (Phi) is 5.21. The molecule has 0 radical (unpaired) electrons. The molecule has 1 amide bonds. The summed E-state index contributed by atoms with van der Waals surface area (Å²) in [4.78, 5) is 37.4. The number of hydrogen-bond donors (Lipinski definition) is 1. The van der Waals surface area contributed by atoms with Gasteiger partial charge in [-0.3, -0.25) is 14.9 Å². The van der Waals surface area contributed by atoms with E-state index in [4.69, 9.17) is 16.3 Å². The number of nitro benzene ring substituents is 1. The van der Waals surface area contributed by atoms with Gasteiger partial charge in [0, 0.05) is 12.3 Å². The molecular weight excluding hydrogens is 326 g/mol. The van der Waals surface area contributed by atoms with Gasteiger partial charge in [0.25, 0.3) is 11.6 Å². The number of aromatic nitrogens is 1. The summed E-state index contributed by atoms with van der Waals surface area (Å²) < 4.78 is 4.80. The Morgan fingerprint density at radius 2 is 2.00 bits per heavy atom. The highest BCUT2D eigenvalue weighted by Gasteiger charge is 2.17. The summed E-state index contributed by atoms with van der Waals surface area (Å²) in [6, 6.07) is 8.52. The van der Waals surface area contributed by atoms with Crippen LogP contribution in [0.4, 0.5) is 11.4 Å². The lowest BCUT2D eigenvalue weighted by atomic mass is 10.2. The first-order valence-electron chi connectivity index (χ1n) is 6.30. The standard InChI is InChI=1S/C14H10ClN3O5/c15-13-9(4-3-7-16-13)14(20)23-8-12(19)17-10-5-1-2-6-11(10)18(21)22/h1-7H,8H2,(H,17,19). The molecule has 0 atom stereocenters. The molecule has 2 aromatic rings. The fraction of sp³-hybridized carbons (Fsp3) is 0.0714. The van der Waals surface area contributed by atoms with E-state index in [0.717, 1.165) is 0 Å². The Balaban J connectivity index is 1.97. The summed E-state index contributed by atoms with van der Waals surface area (Å²) in [5, 5.41) is 13.1. The Labute approximate surface area is 135 Å². The second kappa shape index (κ2) is 7.32. The maximum atomic E-state index is 11.8. The maximum absolute atomic E-state index is 11.8. The van der Waals surface area contributed by atoms with Crippen LogP contribution in [0.2, 0.25) is 5.15 Å². The lowest BCUT2D eigenvalue weighted by Crippen LogP contribution is -2.21. The highest BCUT2D eigenvalue weighted by atomic mass is 35.5. The summed E-state index contributed by atoms with van der Waals surface area (Å²) in [7, 11) is 0. The van der Waals surface area contributed by atoms with E-state index in [0.29, 0.717) is 0 Å². The highest BCUT2D eigenvalue weighted by Crippen LogP contribution is 2.23. The van der Waals surface area contributed by atoms with Crippen molar-refractivity contribution in [3.63, 3.8) is 0 Å². The van der Waals surface area contributed by atoms with Gasteiger partial charge in [-0.05, 0) is 18.2 Å². The van der Waals surface area contributed by atoms with Crippen molar-refractivity contribution in [3.05, 3.63) is 63.4 Å². The highest BCUT2D eigenvalue weighted by molar-refractivity contribution is 6.32. The molecule has 9 heteroatoms. The zero-order valence-electron chi connectivity index (χ0n) is 11.6. The average molecular weight is 336 g/mol. The first kappa shape index (κ1) is 16.4. The zero-order chi connectivity index (χ0) is 16.8. The Morgan fingerprint density at radius 3 is 2.70 bits per heavy atom. The number of carbonyl (C=O) groups is 2. The van der Waals surface area contributed by atoms with Crippen LogP contribution in [-0.4, -0.2) is 28.4 Å². The number of hydrogen-bond acceptors (Lipinski definition) is 6. The van der Waals surface area contributed by atoms with Gasteiger partial charge in [-0.15, -0.1) is 0 Å². The minimum atomic E-state index is -0.819. The minimum absolute atomic E-state index is 0.0120. The predicted octanol–water partition coefficient (Wildman–Crippen LogP) is 2.44. The van der Waals surface area contributed by atoms with Crippen LogP contribution >= 0.6 is 11.6 Å². The number of nitrogens with one attached hydrogen (secondary N) is 1. The molecule has 0 aliphatic rings. The number of benzene rings is 1. The van der Waals surface area contributed by atoms with E-state index < -0.39 is 23.4 Å². The van der Waals surface area contributed by atoms with Gasteiger partial charge in [0.2, 0.25) is 0 Å². The number of amides is 1. The largest absolute Gasteiger partial charge is 0.452 e. The molecule has 0 saturated carbocycles. The van der Waals surface area contributed by atoms with Crippen LogP contribution in [0.3, 0.4) is 0 Å². The third kappa shape index (κ3) is 4.24. The van der Waals surface area contributed by atoms with Gasteiger partial charge >= 0.3 is 5.97 Å². The Bertz CT molecular complexity index is 766.